The molecule has 1 atom stereocenters. The van der Waals surface area contributed by atoms with Gasteiger partial charge in [-0.1, -0.05) is 0 Å². The number of hydrogen-bond acceptors (Lipinski definition) is 3. The van der Waals surface area contributed by atoms with Gasteiger partial charge >= 0.3 is 0 Å². The third-order valence-corrected chi connectivity index (χ3v) is 5.16. The fraction of sp³-hybridized carbons (Fsp3) is 0.857. The van der Waals surface area contributed by atoms with Crippen LogP contribution in [0.15, 0.2) is 0 Å². The standard InChI is InChI=1S/C14H22N2O2S/c17-13-7-10(9-19)8-16(13)12-3-5-15(6-4-12)14(18)11-1-2-11/h10-12,19H,1-9H2. The van der Waals surface area contributed by atoms with Crippen molar-refractivity contribution in [2.45, 2.75) is 38.1 Å². The number of hydrogen-bond donors (Lipinski definition) is 1. The number of carbonyl (C=O) groups is 2. The van der Waals surface area contributed by atoms with E-state index in [4.69, 9.17) is 0 Å². The van der Waals surface area contributed by atoms with E-state index >= 15 is 0 Å². The summed E-state index contributed by atoms with van der Waals surface area (Å²) in [5.41, 5.74) is 0. The number of rotatable bonds is 3. The second-order valence-electron chi connectivity index (χ2n) is 6.13. The Morgan fingerprint density at radius 2 is 1.89 bits per heavy atom. The maximum absolute atomic E-state index is 12.0. The van der Waals surface area contributed by atoms with Crippen molar-refractivity contribution >= 4 is 24.4 Å². The molecule has 5 heteroatoms. The highest BCUT2D eigenvalue weighted by Crippen LogP contribution is 2.33. The molecule has 3 rings (SSSR count). The average molecular weight is 282 g/mol. The van der Waals surface area contributed by atoms with Crippen LogP contribution in [0.25, 0.3) is 0 Å². The molecule has 0 radical (unpaired) electrons. The topological polar surface area (TPSA) is 40.6 Å². The van der Waals surface area contributed by atoms with Crippen molar-refractivity contribution in [3.05, 3.63) is 0 Å². The number of nitrogens with zero attached hydrogens (tertiary/aromatic N) is 2. The second kappa shape index (κ2) is 5.35. The molecule has 19 heavy (non-hydrogen) atoms. The van der Waals surface area contributed by atoms with E-state index in [1.807, 2.05) is 9.80 Å². The minimum absolute atomic E-state index is 0.283. The summed E-state index contributed by atoms with van der Waals surface area (Å²) in [6.07, 6.45) is 4.71. The number of thiol groups is 1. The van der Waals surface area contributed by atoms with Crippen molar-refractivity contribution in [3.63, 3.8) is 0 Å². The third kappa shape index (κ3) is 2.76. The molecule has 106 valence electrons. The Morgan fingerprint density at radius 3 is 2.42 bits per heavy atom. The minimum atomic E-state index is 0.283. The number of piperidine rings is 1. The van der Waals surface area contributed by atoms with Crippen molar-refractivity contribution in [1.29, 1.82) is 0 Å². The van der Waals surface area contributed by atoms with Gasteiger partial charge in [-0.2, -0.15) is 12.6 Å². The molecule has 3 fully saturated rings. The van der Waals surface area contributed by atoms with Crippen molar-refractivity contribution in [2.75, 3.05) is 25.4 Å². The molecule has 1 unspecified atom stereocenters. The van der Waals surface area contributed by atoms with Gasteiger partial charge in [0.2, 0.25) is 11.8 Å². The Balaban J connectivity index is 1.52. The molecule has 0 aromatic heterocycles. The van der Waals surface area contributed by atoms with Crippen LogP contribution in [0.2, 0.25) is 0 Å². The maximum atomic E-state index is 12.0. The Kier molecular flexibility index (Phi) is 3.74. The highest BCUT2D eigenvalue weighted by atomic mass is 32.1. The van der Waals surface area contributed by atoms with Crippen molar-refractivity contribution in [2.24, 2.45) is 11.8 Å². The summed E-state index contributed by atoms with van der Waals surface area (Å²) in [5, 5.41) is 0. The molecule has 0 N–H and O–H groups in total. The lowest BCUT2D eigenvalue weighted by Crippen LogP contribution is -2.47. The monoisotopic (exact) mass is 282 g/mol. The predicted molar refractivity (Wildman–Crippen MR) is 76.0 cm³/mol. The molecule has 1 saturated carbocycles. The summed E-state index contributed by atoms with van der Waals surface area (Å²) in [6, 6.07) is 0.348. The first-order chi connectivity index (χ1) is 9.19. The third-order valence-electron chi connectivity index (χ3n) is 4.64. The molecule has 0 aromatic rings. The number of amides is 2. The predicted octanol–water partition coefficient (Wildman–Crippen LogP) is 1.17. The zero-order chi connectivity index (χ0) is 13.4. The molecule has 0 bridgehead atoms. The number of carbonyl (C=O) groups excluding carboxylic acids is 2. The summed E-state index contributed by atoms with van der Waals surface area (Å²) in [5.74, 6) is 2.16. The lowest BCUT2D eigenvalue weighted by Gasteiger charge is -2.37. The molecular weight excluding hydrogens is 260 g/mol. The molecule has 0 aromatic carbocycles. The zero-order valence-electron chi connectivity index (χ0n) is 11.3. The largest absolute Gasteiger partial charge is 0.342 e. The van der Waals surface area contributed by atoms with E-state index in [-0.39, 0.29) is 5.91 Å². The van der Waals surface area contributed by atoms with Crippen LogP contribution in [-0.2, 0) is 9.59 Å². The Morgan fingerprint density at radius 1 is 1.21 bits per heavy atom. The van der Waals surface area contributed by atoms with Gasteiger partial charge in [0.1, 0.15) is 0 Å². The lowest BCUT2D eigenvalue weighted by molar-refractivity contribution is -0.135. The Labute approximate surface area is 119 Å². The van der Waals surface area contributed by atoms with Gasteiger partial charge in [-0.05, 0) is 37.4 Å². The van der Waals surface area contributed by atoms with E-state index in [1.165, 1.54) is 0 Å². The SMILES string of the molecule is O=C(C1CC1)N1CCC(N2CC(CS)CC2=O)CC1. The summed E-state index contributed by atoms with van der Waals surface area (Å²) in [6.45, 7) is 2.52. The van der Waals surface area contributed by atoms with Crippen LogP contribution in [0.3, 0.4) is 0 Å². The van der Waals surface area contributed by atoms with Crippen LogP contribution < -0.4 is 0 Å². The van der Waals surface area contributed by atoms with Crippen LogP contribution in [0, 0.1) is 11.8 Å². The second-order valence-corrected chi connectivity index (χ2v) is 6.49. The minimum Gasteiger partial charge on any atom is -0.342 e. The van der Waals surface area contributed by atoms with Gasteiger partial charge in [0.25, 0.3) is 0 Å². The fourth-order valence-corrected chi connectivity index (χ4v) is 3.51. The molecule has 3 aliphatic rings. The quantitative estimate of drug-likeness (QED) is 0.789. The van der Waals surface area contributed by atoms with Crippen LogP contribution in [0.4, 0.5) is 0 Å². The average Bonchev–Trinajstić information content (AvgIpc) is 3.21. The van der Waals surface area contributed by atoms with Gasteiger partial charge in [0.15, 0.2) is 0 Å². The van der Waals surface area contributed by atoms with Crippen LogP contribution in [0.5, 0.6) is 0 Å². The fourth-order valence-electron chi connectivity index (χ4n) is 3.27. The Bertz CT molecular complexity index is 376. The summed E-state index contributed by atoms with van der Waals surface area (Å²) < 4.78 is 0. The van der Waals surface area contributed by atoms with Gasteiger partial charge in [0, 0.05) is 38.0 Å². The summed E-state index contributed by atoms with van der Waals surface area (Å²) >= 11 is 4.30. The lowest BCUT2D eigenvalue weighted by atomic mass is 10.0. The summed E-state index contributed by atoms with van der Waals surface area (Å²) in [4.78, 5) is 28.0. The van der Waals surface area contributed by atoms with Gasteiger partial charge < -0.3 is 9.80 Å². The molecular formula is C14H22N2O2S. The number of likely N-dealkylation sites (tertiary alicyclic amines) is 2. The van der Waals surface area contributed by atoms with Crippen molar-refractivity contribution in [3.8, 4) is 0 Å². The maximum Gasteiger partial charge on any atom is 0.225 e. The van der Waals surface area contributed by atoms with E-state index in [9.17, 15) is 9.59 Å². The normalized spacial score (nSPS) is 29.1. The van der Waals surface area contributed by atoms with Crippen molar-refractivity contribution in [1.82, 2.24) is 9.80 Å². The first-order valence-electron chi connectivity index (χ1n) is 7.38. The van der Waals surface area contributed by atoms with Gasteiger partial charge in [0.05, 0.1) is 0 Å². The molecule has 2 aliphatic heterocycles. The molecule has 2 amide bonds. The highest BCUT2D eigenvalue weighted by Gasteiger charge is 2.38. The molecule has 0 spiro atoms. The Hall–Kier alpha value is -0.710. The van der Waals surface area contributed by atoms with Crippen molar-refractivity contribution < 1.29 is 9.59 Å². The first-order valence-corrected chi connectivity index (χ1v) is 8.01. The van der Waals surface area contributed by atoms with Gasteiger partial charge in [-0.25, -0.2) is 0 Å². The van der Waals surface area contributed by atoms with Gasteiger partial charge in [-0.3, -0.25) is 9.59 Å². The molecule has 4 nitrogen and oxygen atoms in total. The highest BCUT2D eigenvalue weighted by molar-refractivity contribution is 7.80. The van der Waals surface area contributed by atoms with Gasteiger partial charge in [-0.15, -0.1) is 0 Å². The van der Waals surface area contributed by atoms with E-state index in [0.29, 0.717) is 30.2 Å². The summed E-state index contributed by atoms with van der Waals surface area (Å²) in [7, 11) is 0. The molecule has 2 saturated heterocycles. The first kappa shape index (κ1) is 13.3. The smallest absolute Gasteiger partial charge is 0.225 e. The van der Waals surface area contributed by atoms with Crippen LogP contribution in [-0.4, -0.2) is 53.0 Å². The van der Waals surface area contributed by atoms with E-state index in [1.54, 1.807) is 0 Å². The van der Waals surface area contributed by atoms with E-state index in [0.717, 1.165) is 51.1 Å². The van der Waals surface area contributed by atoms with E-state index in [2.05, 4.69) is 12.6 Å². The zero-order valence-corrected chi connectivity index (χ0v) is 12.1. The van der Waals surface area contributed by atoms with Crippen LogP contribution >= 0.6 is 12.6 Å². The molecule has 1 aliphatic carbocycles. The molecule has 2 heterocycles. The van der Waals surface area contributed by atoms with E-state index < -0.39 is 0 Å². The van der Waals surface area contributed by atoms with Crippen LogP contribution in [0.1, 0.15) is 32.1 Å².